The molecule has 3 aromatic carbocycles. The maximum atomic E-state index is 12.8. The third-order valence-electron chi connectivity index (χ3n) is 4.40. The lowest BCUT2D eigenvalue weighted by atomic mass is 9.90. The van der Waals surface area contributed by atoms with Crippen LogP contribution in [-0.2, 0) is 9.47 Å². The van der Waals surface area contributed by atoms with E-state index in [0.29, 0.717) is 32.8 Å². The highest BCUT2D eigenvalue weighted by atomic mass is 35.5. The maximum Gasteiger partial charge on any atom is 0.338 e. The molecule has 3 rings (SSSR count). The first-order valence-corrected chi connectivity index (χ1v) is 9.77. The van der Waals surface area contributed by atoms with E-state index in [4.69, 9.17) is 21.1 Å². The summed E-state index contributed by atoms with van der Waals surface area (Å²) in [5.41, 5.74) is 3.27. The zero-order valence-corrected chi connectivity index (χ0v) is 17.0. The van der Waals surface area contributed by atoms with Crippen LogP contribution in [0, 0.1) is 0 Å². The average molecular weight is 409 g/mol. The van der Waals surface area contributed by atoms with Crippen LogP contribution >= 0.6 is 11.6 Å². The largest absolute Gasteiger partial charge is 0.462 e. The van der Waals surface area contributed by atoms with Gasteiger partial charge in [0.15, 0.2) is 0 Å². The molecule has 0 fully saturated rings. The highest BCUT2D eigenvalue weighted by Crippen LogP contribution is 2.36. The van der Waals surface area contributed by atoms with Gasteiger partial charge in [-0.05, 0) is 48.7 Å². The van der Waals surface area contributed by atoms with E-state index in [2.05, 4.69) is 0 Å². The third-order valence-corrected chi connectivity index (χ3v) is 4.73. The fraction of sp³-hybridized carbons (Fsp3) is 0.167. The Morgan fingerprint density at radius 2 is 1.24 bits per heavy atom. The summed E-state index contributed by atoms with van der Waals surface area (Å²) in [6.07, 6.45) is 0. The Labute approximate surface area is 175 Å². The van der Waals surface area contributed by atoms with Crippen molar-refractivity contribution in [2.45, 2.75) is 13.8 Å². The number of benzene rings is 3. The van der Waals surface area contributed by atoms with Crippen LogP contribution in [0.5, 0.6) is 0 Å². The molecule has 0 aromatic heterocycles. The minimum absolute atomic E-state index is 0.237. The predicted octanol–water partition coefficient (Wildman–Crippen LogP) is 6.03. The fourth-order valence-corrected chi connectivity index (χ4v) is 3.35. The lowest BCUT2D eigenvalue weighted by molar-refractivity contribution is 0.0513. The molecule has 0 saturated heterocycles. The van der Waals surface area contributed by atoms with E-state index in [1.54, 1.807) is 44.2 Å². The summed E-state index contributed by atoms with van der Waals surface area (Å²) < 4.78 is 10.5. The predicted molar refractivity (Wildman–Crippen MR) is 114 cm³/mol. The molecule has 0 N–H and O–H groups in total. The number of hydrogen-bond acceptors (Lipinski definition) is 4. The van der Waals surface area contributed by atoms with Crippen molar-refractivity contribution in [3.63, 3.8) is 0 Å². The molecule has 29 heavy (non-hydrogen) atoms. The van der Waals surface area contributed by atoms with Crippen LogP contribution < -0.4 is 0 Å². The molecule has 0 saturated carbocycles. The summed E-state index contributed by atoms with van der Waals surface area (Å²) >= 11 is 6.39. The number of carbonyl (C=O) groups excluding carboxylic acids is 2. The molecule has 4 nitrogen and oxygen atoms in total. The highest BCUT2D eigenvalue weighted by Gasteiger charge is 2.23. The lowest BCUT2D eigenvalue weighted by Gasteiger charge is -2.16. The van der Waals surface area contributed by atoms with Crippen molar-refractivity contribution in [1.29, 1.82) is 0 Å². The van der Waals surface area contributed by atoms with E-state index in [1.165, 1.54) is 0 Å². The molecular weight excluding hydrogens is 388 g/mol. The Balaban J connectivity index is 2.32. The molecule has 0 aliphatic heterocycles. The molecule has 3 aromatic rings. The van der Waals surface area contributed by atoms with E-state index in [-0.39, 0.29) is 13.2 Å². The highest BCUT2D eigenvalue weighted by molar-refractivity contribution is 6.33. The van der Waals surface area contributed by atoms with Crippen molar-refractivity contribution >= 4 is 23.5 Å². The average Bonchev–Trinajstić information content (AvgIpc) is 2.74. The molecular formula is C24H21ClO4. The van der Waals surface area contributed by atoms with E-state index >= 15 is 0 Å². The number of halogens is 1. The topological polar surface area (TPSA) is 52.6 Å². The first-order valence-electron chi connectivity index (χ1n) is 9.39. The maximum absolute atomic E-state index is 12.8. The van der Waals surface area contributed by atoms with Crippen molar-refractivity contribution in [2.75, 3.05) is 13.2 Å². The summed E-state index contributed by atoms with van der Waals surface area (Å²) in [5, 5.41) is 0.473. The molecule has 0 aliphatic rings. The van der Waals surface area contributed by atoms with Gasteiger partial charge in [-0.1, -0.05) is 60.1 Å². The van der Waals surface area contributed by atoms with E-state index in [9.17, 15) is 9.59 Å². The Kier molecular flexibility index (Phi) is 6.68. The van der Waals surface area contributed by atoms with Crippen LogP contribution in [0.2, 0.25) is 5.02 Å². The summed E-state index contributed by atoms with van der Waals surface area (Å²) in [4.78, 5) is 25.5. The van der Waals surface area contributed by atoms with Crippen LogP contribution in [0.15, 0.2) is 66.7 Å². The SMILES string of the molecule is CCOC(=O)c1cc(-c2ccccc2Cl)c(C(=O)OCC)cc1-c1ccccc1. The van der Waals surface area contributed by atoms with Crippen LogP contribution in [-0.4, -0.2) is 25.2 Å². The van der Waals surface area contributed by atoms with Gasteiger partial charge in [0.1, 0.15) is 0 Å². The summed E-state index contributed by atoms with van der Waals surface area (Å²) in [5.74, 6) is -0.940. The summed E-state index contributed by atoms with van der Waals surface area (Å²) in [6.45, 7) is 3.98. The van der Waals surface area contributed by atoms with Crippen LogP contribution in [0.1, 0.15) is 34.6 Å². The first kappa shape index (κ1) is 20.6. The quantitative estimate of drug-likeness (QED) is 0.467. The molecule has 0 atom stereocenters. The molecule has 0 heterocycles. The smallest absolute Gasteiger partial charge is 0.338 e. The van der Waals surface area contributed by atoms with Gasteiger partial charge in [0.05, 0.1) is 24.3 Å². The van der Waals surface area contributed by atoms with Crippen LogP contribution in [0.4, 0.5) is 0 Å². The molecule has 0 radical (unpaired) electrons. The Morgan fingerprint density at radius 1 is 0.724 bits per heavy atom. The van der Waals surface area contributed by atoms with E-state index in [0.717, 1.165) is 5.56 Å². The molecule has 0 aliphatic carbocycles. The van der Waals surface area contributed by atoms with Gasteiger partial charge in [0.2, 0.25) is 0 Å². The zero-order chi connectivity index (χ0) is 20.8. The standard InChI is InChI=1S/C24H21ClO4/c1-3-28-23(26)20-15-19(17-12-8-9-13-22(17)25)21(24(27)29-4-2)14-18(20)16-10-6-5-7-11-16/h5-15H,3-4H2,1-2H3. The number of esters is 2. The second kappa shape index (κ2) is 9.39. The normalized spacial score (nSPS) is 10.4. The van der Waals surface area contributed by atoms with Gasteiger partial charge in [0, 0.05) is 10.6 Å². The Morgan fingerprint density at radius 3 is 1.83 bits per heavy atom. The summed E-state index contributed by atoms with van der Waals surface area (Å²) in [6, 6.07) is 19.9. The van der Waals surface area contributed by atoms with Gasteiger partial charge < -0.3 is 9.47 Å². The molecule has 5 heteroatoms. The van der Waals surface area contributed by atoms with E-state index < -0.39 is 11.9 Å². The van der Waals surface area contributed by atoms with Crippen molar-refractivity contribution in [3.05, 3.63) is 82.9 Å². The van der Waals surface area contributed by atoms with Gasteiger partial charge in [-0.25, -0.2) is 9.59 Å². The number of ether oxygens (including phenoxy) is 2. The Bertz CT molecular complexity index is 1030. The van der Waals surface area contributed by atoms with Gasteiger partial charge in [-0.2, -0.15) is 0 Å². The first-order chi connectivity index (χ1) is 14.1. The number of carbonyl (C=O) groups is 2. The van der Waals surface area contributed by atoms with Crippen LogP contribution in [0.3, 0.4) is 0 Å². The van der Waals surface area contributed by atoms with Gasteiger partial charge in [0.25, 0.3) is 0 Å². The van der Waals surface area contributed by atoms with Gasteiger partial charge in [-0.3, -0.25) is 0 Å². The second-order valence-electron chi connectivity index (χ2n) is 6.23. The minimum atomic E-state index is -0.477. The summed E-state index contributed by atoms with van der Waals surface area (Å²) in [7, 11) is 0. The molecule has 0 bridgehead atoms. The van der Waals surface area contributed by atoms with E-state index in [1.807, 2.05) is 36.4 Å². The monoisotopic (exact) mass is 408 g/mol. The molecule has 148 valence electrons. The van der Waals surface area contributed by atoms with Crippen molar-refractivity contribution in [3.8, 4) is 22.3 Å². The second-order valence-corrected chi connectivity index (χ2v) is 6.64. The zero-order valence-electron chi connectivity index (χ0n) is 16.3. The molecule has 0 spiro atoms. The minimum Gasteiger partial charge on any atom is -0.462 e. The van der Waals surface area contributed by atoms with Crippen molar-refractivity contribution in [1.82, 2.24) is 0 Å². The van der Waals surface area contributed by atoms with Crippen LogP contribution in [0.25, 0.3) is 22.3 Å². The molecule has 0 unspecified atom stereocenters. The number of rotatable bonds is 6. The number of hydrogen-bond donors (Lipinski definition) is 0. The van der Waals surface area contributed by atoms with Crippen molar-refractivity contribution in [2.24, 2.45) is 0 Å². The van der Waals surface area contributed by atoms with Crippen molar-refractivity contribution < 1.29 is 19.1 Å². The lowest BCUT2D eigenvalue weighted by Crippen LogP contribution is -2.12. The van der Waals surface area contributed by atoms with Gasteiger partial charge in [-0.15, -0.1) is 0 Å². The molecule has 0 amide bonds. The Hall–Kier alpha value is -3.11. The third kappa shape index (κ3) is 4.49. The van der Waals surface area contributed by atoms with Gasteiger partial charge >= 0.3 is 11.9 Å². The fourth-order valence-electron chi connectivity index (χ4n) is 3.11.